The van der Waals surface area contributed by atoms with E-state index in [2.05, 4.69) is 5.32 Å². The van der Waals surface area contributed by atoms with E-state index in [9.17, 15) is 14.4 Å². The fourth-order valence-electron chi connectivity index (χ4n) is 3.75. The van der Waals surface area contributed by atoms with E-state index in [1.807, 2.05) is 37.3 Å². The lowest BCUT2D eigenvalue weighted by Crippen LogP contribution is -2.41. The molecule has 1 fully saturated rings. The summed E-state index contributed by atoms with van der Waals surface area (Å²) in [5, 5.41) is 3.39. The highest BCUT2D eigenvalue weighted by Crippen LogP contribution is 2.40. The molecule has 4 rings (SSSR count). The van der Waals surface area contributed by atoms with Crippen molar-refractivity contribution < 1.29 is 23.9 Å². The smallest absolute Gasteiger partial charge is 0.262 e. The molecule has 2 aromatic carbocycles. The van der Waals surface area contributed by atoms with Crippen LogP contribution in [-0.2, 0) is 9.53 Å². The van der Waals surface area contributed by atoms with Crippen LogP contribution in [0.25, 0.3) is 10.4 Å². The number of carbonyl (C=O) groups is 3. The molecule has 8 heteroatoms. The molecule has 0 atom stereocenters. The van der Waals surface area contributed by atoms with Gasteiger partial charge in [0, 0.05) is 23.5 Å². The molecule has 2 heterocycles. The standard InChI is InChI=1S/C26H26N2O5S/c1-17-23(26(31)28-12-14-32-15-13-28)25(34-24(17)20-6-4-3-5-7-20)27-22(30)16-33-21-10-8-19(9-11-21)18(2)29/h3-11H,12-16H2,1-2H3,(H,27,30). The molecule has 0 unspecified atom stereocenters. The summed E-state index contributed by atoms with van der Waals surface area (Å²) in [4.78, 5) is 40.3. The molecule has 0 aliphatic carbocycles. The van der Waals surface area contributed by atoms with Crippen LogP contribution in [-0.4, -0.2) is 55.4 Å². The number of morpholine rings is 1. The second-order valence-electron chi connectivity index (χ2n) is 7.95. The average molecular weight is 479 g/mol. The van der Waals surface area contributed by atoms with Crippen molar-refractivity contribution in [2.75, 3.05) is 38.2 Å². The maximum absolute atomic E-state index is 13.4. The summed E-state index contributed by atoms with van der Waals surface area (Å²) in [5.41, 5.74) is 2.91. The molecule has 1 saturated heterocycles. The van der Waals surface area contributed by atoms with Gasteiger partial charge < -0.3 is 19.7 Å². The highest BCUT2D eigenvalue weighted by Gasteiger charge is 2.28. The van der Waals surface area contributed by atoms with E-state index < -0.39 is 0 Å². The van der Waals surface area contributed by atoms with Gasteiger partial charge in [0.25, 0.3) is 11.8 Å². The first kappa shape index (κ1) is 23.7. The van der Waals surface area contributed by atoms with Crippen LogP contribution < -0.4 is 10.1 Å². The molecule has 1 aliphatic heterocycles. The normalized spacial score (nSPS) is 13.4. The summed E-state index contributed by atoms with van der Waals surface area (Å²) < 4.78 is 11.0. The van der Waals surface area contributed by atoms with Crippen molar-refractivity contribution in [2.24, 2.45) is 0 Å². The minimum atomic E-state index is -0.368. The van der Waals surface area contributed by atoms with Crippen molar-refractivity contribution in [1.82, 2.24) is 4.90 Å². The summed E-state index contributed by atoms with van der Waals surface area (Å²) in [6, 6.07) is 16.4. The van der Waals surface area contributed by atoms with Gasteiger partial charge in [-0.3, -0.25) is 14.4 Å². The van der Waals surface area contributed by atoms with E-state index in [-0.39, 0.29) is 24.2 Å². The molecular weight excluding hydrogens is 452 g/mol. The number of thiophene rings is 1. The van der Waals surface area contributed by atoms with Gasteiger partial charge >= 0.3 is 0 Å². The third-order valence-electron chi connectivity index (χ3n) is 5.58. The van der Waals surface area contributed by atoms with Gasteiger partial charge in [0.15, 0.2) is 12.4 Å². The third kappa shape index (κ3) is 5.35. The number of amides is 2. The van der Waals surface area contributed by atoms with E-state index in [4.69, 9.17) is 9.47 Å². The SMILES string of the molecule is CC(=O)c1ccc(OCC(=O)Nc2sc(-c3ccccc3)c(C)c2C(=O)N2CCOCC2)cc1. The van der Waals surface area contributed by atoms with E-state index in [1.165, 1.54) is 18.3 Å². The van der Waals surface area contributed by atoms with E-state index >= 15 is 0 Å². The number of rotatable bonds is 7. The monoisotopic (exact) mass is 478 g/mol. The summed E-state index contributed by atoms with van der Waals surface area (Å²) in [7, 11) is 0. The zero-order valence-electron chi connectivity index (χ0n) is 19.1. The van der Waals surface area contributed by atoms with Crippen molar-refractivity contribution in [3.63, 3.8) is 0 Å². The lowest BCUT2D eigenvalue weighted by molar-refractivity contribution is -0.118. The van der Waals surface area contributed by atoms with E-state index in [0.717, 1.165) is 16.0 Å². The Hall–Kier alpha value is -3.49. The number of carbonyl (C=O) groups excluding carboxylic acids is 3. The highest BCUT2D eigenvalue weighted by atomic mass is 32.1. The molecule has 176 valence electrons. The lowest BCUT2D eigenvalue weighted by Gasteiger charge is -2.27. The summed E-state index contributed by atoms with van der Waals surface area (Å²) in [6.45, 7) is 5.21. The Labute approximate surface area is 202 Å². The molecule has 1 N–H and O–H groups in total. The molecule has 0 bridgehead atoms. The molecule has 3 aromatic rings. The Morgan fingerprint density at radius 3 is 2.35 bits per heavy atom. The van der Waals surface area contributed by atoms with Gasteiger partial charge in [-0.1, -0.05) is 30.3 Å². The summed E-state index contributed by atoms with van der Waals surface area (Å²) >= 11 is 1.38. The van der Waals surface area contributed by atoms with Crippen LogP contribution in [0.15, 0.2) is 54.6 Å². The molecule has 7 nitrogen and oxygen atoms in total. The van der Waals surface area contributed by atoms with Crippen LogP contribution in [0.5, 0.6) is 5.75 Å². The second-order valence-corrected chi connectivity index (χ2v) is 8.97. The lowest BCUT2D eigenvalue weighted by atomic mass is 10.1. The number of hydrogen-bond donors (Lipinski definition) is 1. The number of nitrogens with zero attached hydrogens (tertiary/aromatic N) is 1. The first-order chi connectivity index (χ1) is 16.4. The van der Waals surface area contributed by atoms with Gasteiger partial charge in [-0.05, 0) is 49.2 Å². The first-order valence-electron chi connectivity index (χ1n) is 11.0. The number of Topliss-reactive ketones (excluding diaryl/α,β-unsaturated/α-hetero) is 1. The number of ether oxygens (including phenoxy) is 2. The van der Waals surface area contributed by atoms with Crippen LogP contribution in [0.2, 0.25) is 0 Å². The molecule has 34 heavy (non-hydrogen) atoms. The number of ketones is 1. The molecule has 2 amide bonds. The zero-order valence-corrected chi connectivity index (χ0v) is 19.9. The molecule has 0 radical (unpaired) electrons. The van der Waals surface area contributed by atoms with Gasteiger partial charge in [0.1, 0.15) is 10.8 Å². The van der Waals surface area contributed by atoms with Crippen LogP contribution >= 0.6 is 11.3 Å². The number of benzene rings is 2. The maximum Gasteiger partial charge on any atom is 0.262 e. The average Bonchev–Trinajstić information content (AvgIpc) is 3.19. The van der Waals surface area contributed by atoms with Crippen LogP contribution in [0.3, 0.4) is 0 Å². The fourth-order valence-corrected chi connectivity index (χ4v) is 4.97. The molecular formula is C26H26N2O5S. The largest absolute Gasteiger partial charge is 0.484 e. The fraction of sp³-hybridized carbons (Fsp3) is 0.269. The number of hydrogen-bond acceptors (Lipinski definition) is 6. The van der Waals surface area contributed by atoms with Gasteiger partial charge in [-0.15, -0.1) is 11.3 Å². The minimum absolute atomic E-state index is 0.0379. The van der Waals surface area contributed by atoms with Gasteiger partial charge in [-0.2, -0.15) is 0 Å². The van der Waals surface area contributed by atoms with Gasteiger partial charge in [0.05, 0.1) is 18.8 Å². The number of nitrogens with one attached hydrogen (secondary N) is 1. The predicted molar refractivity (Wildman–Crippen MR) is 132 cm³/mol. The Morgan fingerprint density at radius 2 is 1.71 bits per heavy atom. The van der Waals surface area contributed by atoms with Crippen LogP contribution in [0, 0.1) is 6.92 Å². The third-order valence-corrected chi connectivity index (χ3v) is 6.83. The topological polar surface area (TPSA) is 84.9 Å². The molecule has 0 saturated carbocycles. The Kier molecular flexibility index (Phi) is 7.40. The molecule has 0 spiro atoms. The van der Waals surface area contributed by atoms with Crippen molar-refractivity contribution >= 4 is 33.9 Å². The highest BCUT2D eigenvalue weighted by molar-refractivity contribution is 7.20. The Bertz CT molecular complexity index is 1180. The van der Waals surface area contributed by atoms with Gasteiger partial charge in [0.2, 0.25) is 0 Å². The van der Waals surface area contributed by atoms with Gasteiger partial charge in [-0.25, -0.2) is 0 Å². The minimum Gasteiger partial charge on any atom is -0.484 e. The Morgan fingerprint density at radius 1 is 1.03 bits per heavy atom. The predicted octanol–water partition coefficient (Wildman–Crippen LogP) is 4.42. The zero-order chi connectivity index (χ0) is 24.1. The van der Waals surface area contributed by atoms with Crippen molar-refractivity contribution in [3.8, 4) is 16.2 Å². The maximum atomic E-state index is 13.4. The number of anilines is 1. The van der Waals surface area contributed by atoms with E-state index in [1.54, 1.807) is 29.2 Å². The second kappa shape index (κ2) is 10.6. The molecule has 1 aliphatic rings. The van der Waals surface area contributed by atoms with Crippen molar-refractivity contribution in [3.05, 3.63) is 71.3 Å². The molecule has 1 aromatic heterocycles. The van der Waals surface area contributed by atoms with Crippen molar-refractivity contribution in [1.29, 1.82) is 0 Å². The Balaban J connectivity index is 1.54. The summed E-state index contributed by atoms with van der Waals surface area (Å²) in [6.07, 6.45) is 0. The van der Waals surface area contributed by atoms with Crippen LogP contribution in [0.4, 0.5) is 5.00 Å². The van der Waals surface area contributed by atoms with E-state index in [0.29, 0.717) is 48.2 Å². The quantitative estimate of drug-likeness (QED) is 0.509. The summed E-state index contributed by atoms with van der Waals surface area (Å²) in [5.74, 6) is -0.0380. The van der Waals surface area contributed by atoms with Crippen molar-refractivity contribution in [2.45, 2.75) is 13.8 Å². The van der Waals surface area contributed by atoms with Crippen LogP contribution in [0.1, 0.15) is 33.2 Å². The first-order valence-corrected chi connectivity index (χ1v) is 11.8.